The molecule has 25 heavy (non-hydrogen) atoms. The predicted molar refractivity (Wildman–Crippen MR) is 90.8 cm³/mol. The number of ether oxygens (including phenoxy) is 3. The summed E-state index contributed by atoms with van der Waals surface area (Å²) in [5, 5.41) is 20.0. The van der Waals surface area contributed by atoms with E-state index in [0.717, 1.165) is 0 Å². The minimum atomic E-state index is -1.38. The maximum Gasteiger partial charge on any atom is 0.202 e. The number of aliphatic hydroxyl groups excluding tert-OH is 1. The highest BCUT2D eigenvalue weighted by Crippen LogP contribution is 2.48. The van der Waals surface area contributed by atoms with Crippen molar-refractivity contribution in [2.75, 3.05) is 14.2 Å². The van der Waals surface area contributed by atoms with Crippen LogP contribution in [0.5, 0.6) is 23.0 Å². The van der Waals surface area contributed by atoms with Crippen LogP contribution in [-0.2, 0) is 0 Å². The second-order valence-electron chi connectivity index (χ2n) is 5.96. The van der Waals surface area contributed by atoms with E-state index in [-0.39, 0.29) is 11.3 Å². The van der Waals surface area contributed by atoms with Gasteiger partial charge in [0.05, 0.1) is 14.2 Å². The summed E-state index contributed by atoms with van der Waals surface area (Å²) in [5.41, 5.74) is 2.15. The molecule has 0 radical (unpaired) electrons. The van der Waals surface area contributed by atoms with Crippen LogP contribution in [0, 0.1) is 13.8 Å². The highest BCUT2D eigenvalue weighted by atomic mass is 16.5. The summed E-state index contributed by atoms with van der Waals surface area (Å²) >= 11 is 0. The van der Waals surface area contributed by atoms with E-state index in [0.29, 0.717) is 33.9 Å². The van der Waals surface area contributed by atoms with Gasteiger partial charge in [-0.2, -0.15) is 0 Å². The summed E-state index contributed by atoms with van der Waals surface area (Å²) in [6.45, 7) is 3.58. The fourth-order valence-corrected chi connectivity index (χ4v) is 3.29. The Morgan fingerprint density at radius 3 is 2.16 bits per heavy atom. The summed E-state index contributed by atoms with van der Waals surface area (Å²) in [4.78, 5) is 12.9. The van der Waals surface area contributed by atoms with Crippen LogP contribution in [0.3, 0.4) is 0 Å². The van der Waals surface area contributed by atoms with E-state index in [4.69, 9.17) is 14.2 Å². The smallest absolute Gasteiger partial charge is 0.202 e. The molecule has 0 aliphatic carbocycles. The van der Waals surface area contributed by atoms with Crippen LogP contribution in [0.2, 0.25) is 0 Å². The largest absolute Gasteiger partial charge is 0.508 e. The van der Waals surface area contributed by atoms with E-state index >= 15 is 0 Å². The van der Waals surface area contributed by atoms with Gasteiger partial charge >= 0.3 is 0 Å². The Bertz CT molecular complexity index is 825. The number of phenolic OH excluding ortho intramolecular Hbond substituents is 1. The molecule has 0 bridgehead atoms. The molecule has 2 atom stereocenters. The molecule has 2 aromatic carbocycles. The molecule has 1 heterocycles. The van der Waals surface area contributed by atoms with Crippen molar-refractivity contribution in [2.24, 2.45) is 0 Å². The average molecular weight is 344 g/mol. The van der Waals surface area contributed by atoms with Gasteiger partial charge in [-0.25, -0.2) is 0 Å². The molecule has 2 N–H and O–H groups in total. The molecule has 0 aromatic heterocycles. The molecule has 6 heteroatoms. The monoisotopic (exact) mass is 344 g/mol. The third kappa shape index (κ3) is 2.59. The van der Waals surface area contributed by atoms with Crippen molar-refractivity contribution in [1.82, 2.24) is 0 Å². The number of methoxy groups -OCH3 is 2. The average Bonchev–Trinajstić information content (AvgIpc) is 2.60. The second kappa shape index (κ2) is 6.29. The molecule has 1 aliphatic rings. The lowest BCUT2D eigenvalue weighted by Crippen LogP contribution is -2.37. The van der Waals surface area contributed by atoms with Gasteiger partial charge in [0, 0.05) is 11.1 Å². The number of hydrogen-bond donors (Lipinski definition) is 2. The maximum absolute atomic E-state index is 12.9. The van der Waals surface area contributed by atoms with Gasteiger partial charge in [-0.1, -0.05) is 12.1 Å². The molecular formula is C19H20O6. The lowest BCUT2D eigenvalue weighted by Gasteiger charge is -2.33. The maximum atomic E-state index is 12.9. The van der Waals surface area contributed by atoms with Crippen molar-refractivity contribution in [3.05, 3.63) is 46.5 Å². The first kappa shape index (κ1) is 17.1. The molecular weight excluding hydrogens is 324 g/mol. The highest BCUT2D eigenvalue weighted by molar-refractivity contribution is 6.06. The number of aromatic hydroxyl groups is 1. The Labute approximate surface area is 145 Å². The number of benzene rings is 2. The van der Waals surface area contributed by atoms with Crippen LogP contribution < -0.4 is 14.2 Å². The molecule has 0 saturated heterocycles. The van der Waals surface area contributed by atoms with Crippen molar-refractivity contribution in [1.29, 1.82) is 0 Å². The number of Topliss-reactive ketones (excluding diaryl/α,β-unsaturated/α-hetero) is 1. The van der Waals surface area contributed by atoms with Crippen molar-refractivity contribution in [3.63, 3.8) is 0 Å². The first-order valence-corrected chi connectivity index (χ1v) is 7.83. The topological polar surface area (TPSA) is 85.2 Å². The standard InChI is InChI=1S/C19H20O6/c1-9-16(23-3)10(2)18-13(17(9)24-4)14(21)15(22)19(25-18)11-5-7-12(20)8-6-11/h5-8,15,19-20,22H,1-4H3. The zero-order valence-corrected chi connectivity index (χ0v) is 14.5. The highest BCUT2D eigenvalue weighted by Gasteiger charge is 2.41. The fourth-order valence-electron chi connectivity index (χ4n) is 3.29. The zero-order chi connectivity index (χ0) is 18.3. The first-order chi connectivity index (χ1) is 11.9. The molecule has 2 unspecified atom stereocenters. The van der Waals surface area contributed by atoms with E-state index in [9.17, 15) is 15.0 Å². The molecule has 2 aromatic rings. The minimum absolute atomic E-state index is 0.0934. The van der Waals surface area contributed by atoms with Crippen LogP contribution in [0.1, 0.15) is 33.2 Å². The third-order valence-corrected chi connectivity index (χ3v) is 4.49. The number of ketones is 1. The number of aliphatic hydroxyl groups is 1. The number of fused-ring (bicyclic) bond motifs is 1. The van der Waals surface area contributed by atoms with Crippen molar-refractivity contribution < 1.29 is 29.2 Å². The molecule has 0 amide bonds. The molecule has 0 fully saturated rings. The van der Waals surface area contributed by atoms with E-state index in [1.807, 2.05) is 0 Å². The van der Waals surface area contributed by atoms with Crippen LogP contribution >= 0.6 is 0 Å². The van der Waals surface area contributed by atoms with E-state index in [1.54, 1.807) is 26.0 Å². The van der Waals surface area contributed by atoms with Gasteiger partial charge in [-0.05, 0) is 31.5 Å². The Kier molecular flexibility index (Phi) is 4.30. The van der Waals surface area contributed by atoms with Crippen molar-refractivity contribution >= 4 is 5.78 Å². The van der Waals surface area contributed by atoms with Gasteiger partial charge in [0.15, 0.2) is 12.2 Å². The van der Waals surface area contributed by atoms with E-state index in [1.165, 1.54) is 26.4 Å². The summed E-state index contributed by atoms with van der Waals surface area (Å²) in [7, 11) is 3.00. The number of carbonyl (C=O) groups excluding carboxylic acids is 1. The summed E-state index contributed by atoms with van der Waals surface area (Å²) in [5.74, 6) is 0.878. The van der Waals surface area contributed by atoms with Crippen molar-refractivity contribution in [2.45, 2.75) is 26.1 Å². The normalized spacial score (nSPS) is 19.2. The van der Waals surface area contributed by atoms with E-state index in [2.05, 4.69) is 0 Å². The van der Waals surface area contributed by atoms with Gasteiger partial charge < -0.3 is 24.4 Å². The predicted octanol–water partition coefficient (Wildman–Crippen LogP) is 2.70. The van der Waals surface area contributed by atoms with Gasteiger partial charge in [-0.3, -0.25) is 4.79 Å². The number of hydrogen-bond acceptors (Lipinski definition) is 6. The first-order valence-electron chi connectivity index (χ1n) is 7.83. The Hall–Kier alpha value is -2.73. The Balaban J connectivity index is 2.19. The van der Waals surface area contributed by atoms with Crippen LogP contribution in [0.25, 0.3) is 0 Å². The third-order valence-electron chi connectivity index (χ3n) is 4.49. The number of rotatable bonds is 3. The van der Waals surface area contributed by atoms with Crippen LogP contribution in [-0.4, -0.2) is 36.3 Å². The zero-order valence-electron chi connectivity index (χ0n) is 14.5. The van der Waals surface area contributed by atoms with Crippen molar-refractivity contribution in [3.8, 4) is 23.0 Å². The molecule has 132 valence electrons. The number of phenols is 1. The molecule has 1 aliphatic heterocycles. The summed E-state index contributed by atoms with van der Waals surface area (Å²) < 4.78 is 16.8. The summed E-state index contributed by atoms with van der Waals surface area (Å²) in [6, 6.07) is 6.18. The molecule has 0 spiro atoms. The Morgan fingerprint density at radius 2 is 1.60 bits per heavy atom. The van der Waals surface area contributed by atoms with Crippen LogP contribution in [0.15, 0.2) is 24.3 Å². The fraction of sp³-hybridized carbons (Fsp3) is 0.316. The van der Waals surface area contributed by atoms with Gasteiger partial charge in [0.2, 0.25) is 5.78 Å². The summed E-state index contributed by atoms with van der Waals surface area (Å²) in [6.07, 6.45) is -2.26. The second-order valence-corrected chi connectivity index (χ2v) is 5.96. The quantitative estimate of drug-likeness (QED) is 0.890. The molecule has 6 nitrogen and oxygen atoms in total. The van der Waals surface area contributed by atoms with E-state index < -0.39 is 18.0 Å². The van der Waals surface area contributed by atoms with Gasteiger partial charge in [0.25, 0.3) is 0 Å². The van der Waals surface area contributed by atoms with Gasteiger partial charge in [0.1, 0.15) is 28.6 Å². The number of carbonyl (C=O) groups is 1. The SMILES string of the molecule is COc1c(C)c(OC)c2c(c1C)OC(c1ccc(O)cc1)C(O)C2=O. The lowest BCUT2D eigenvalue weighted by molar-refractivity contribution is 0.0206. The van der Waals surface area contributed by atoms with Gasteiger partial charge in [-0.15, -0.1) is 0 Å². The Morgan fingerprint density at radius 1 is 1.00 bits per heavy atom. The van der Waals surface area contributed by atoms with Crippen LogP contribution in [0.4, 0.5) is 0 Å². The lowest BCUT2D eigenvalue weighted by atomic mass is 9.89. The minimum Gasteiger partial charge on any atom is -0.508 e. The molecule has 3 rings (SSSR count). The molecule has 0 saturated carbocycles.